The van der Waals surface area contributed by atoms with Gasteiger partial charge in [0.2, 0.25) is 0 Å². The molecule has 2 amide bonds. The minimum Gasteiger partial charge on any atom is -0.338 e. The highest BCUT2D eigenvalue weighted by Crippen LogP contribution is 2.13. The van der Waals surface area contributed by atoms with Gasteiger partial charge in [-0.2, -0.15) is 0 Å². The molecule has 1 aromatic carbocycles. The van der Waals surface area contributed by atoms with Crippen LogP contribution in [0.15, 0.2) is 66.2 Å². The number of aromatic nitrogens is 1. The second-order valence-corrected chi connectivity index (χ2v) is 5.91. The Kier molecular flexibility index (Phi) is 4.54. The van der Waals surface area contributed by atoms with Gasteiger partial charge in [0.15, 0.2) is 0 Å². The van der Waals surface area contributed by atoms with Crippen LogP contribution >= 0.6 is 11.3 Å². The molecule has 5 nitrogen and oxygen atoms in total. The van der Waals surface area contributed by atoms with E-state index in [1.807, 2.05) is 40.4 Å². The normalized spacial score (nSPS) is 10.3. The number of carbonyl (C=O) groups is 2. The monoisotopic (exact) mass is 325 g/mol. The summed E-state index contributed by atoms with van der Waals surface area (Å²) in [7, 11) is 0. The third kappa shape index (κ3) is 3.67. The standard InChI is InChI=1S/C17H15N3O2S/c21-16(13-6-2-1-3-7-13)18-19-17(22)15-9-4-10-20(15)12-14-8-5-11-23-14/h1-11H,12H2,(H,18,21)(H,19,22). The molecule has 3 rings (SSSR count). The van der Waals surface area contributed by atoms with E-state index in [0.717, 1.165) is 4.88 Å². The quantitative estimate of drug-likeness (QED) is 0.725. The van der Waals surface area contributed by atoms with Crippen LogP contribution in [0.2, 0.25) is 0 Å². The van der Waals surface area contributed by atoms with Crippen molar-refractivity contribution in [1.29, 1.82) is 0 Å². The van der Waals surface area contributed by atoms with Gasteiger partial charge < -0.3 is 4.57 Å². The number of hydrogen-bond donors (Lipinski definition) is 2. The van der Waals surface area contributed by atoms with Crippen molar-refractivity contribution in [3.05, 3.63) is 82.3 Å². The molecule has 0 aliphatic heterocycles. The maximum atomic E-state index is 12.2. The van der Waals surface area contributed by atoms with Crippen LogP contribution in [0.25, 0.3) is 0 Å². The van der Waals surface area contributed by atoms with Crippen LogP contribution in [-0.4, -0.2) is 16.4 Å². The average molecular weight is 325 g/mol. The molecule has 0 saturated carbocycles. The third-order valence-electron chi connectivity index (χ3n) is 3.29. The van der Waals surface area contributed by atoms with Crippen LogP contribution in [0.5, 0.6) is 0 Å². The minimum absolute atomic E-state index is 0.351. The molecule has 0 unspecified atom stereocenters. The molecule has 2 aromatic heterocycles. The van der Waals surface area contributed by atoms with Gasteiger partial charge in [0.05, 0.1) is 6.54 Å². The predicted octanol–water partition coefficient (Wildman–Crippen LogP) is 2.67. The second kappa shape index (κ2) is 6.93. The Morgan fingerprint density at radius 1 is 0.913 bits per heavy atom. The number of hydrogen-bond acceptors (Lipinski definition) is 3. The average Bonchev–Trinajstić information content (AvgIpc) is 3.25. The van der Waals surface area contributed by atoms with Crippen molar-refractivity contribution in [3.63, 3.8) is 0 Å². The second-order valence-electron chi connectivity index (χ2n) is 4.87. The third-order valence-corrected chi connectivity index (χ3v) is 4.16. The topological polar surface area (TPSA) is 63.1 Å². The lowest BCUT2D eigenvalue weighted by Crippen LogP contribution is -2.42. The zero-order chi connectivity index (χ0) is 16.1. The molecule has 0 fully saturated rings. The van der Waals surface area contributed by atoms with E-state index in [9.17, 15) is 9.59 Å². The molecular formula is C17H15N3O2S. The summed E-state index contributed by atoms with van der Waals surface area (Å²) >= 11 is 1.63. The fourth-order valence-electron chi connectivity index (χ4n) is 2.17. The first kappa shape index (κ1) is 15.1. The molecule has 0 spiro atoms. The molecule has 0 aliphatic rings. The van der Waals surface area contributed by atoms with Crippen molar-refractivity contribution in [2.45, 2.75) is 6.54 Å². The van der Waals surface area contributed by atoms with E-state index in [0.29, 0.717) is 17.8 Å². The summed E-state index contributed by atoms with van der Waals surface area (Å²) in [6.07, 6.45) is 1.84. The number of nitrogens with one attached hydrogen (secondary N) is 2. The number of rotatable bonds is 4. The number of benzene rings is 1. The fraction of sp³-hybridized carbons (Fsp3) is 0.0588. The molecule has 6 heteroatoms. The van der Waals surface area contributed by atoms with Gasteiger partial charge in [-0.25, -0.2) is 0 Å². The van der Waals surface area contributed by atoms with Crippen molar-refractivity contribution < 1.29 is 9.59 Å². The van der Waals surface area contributed by atoms with Gasteiger partial charge in [-0.15, -0.1) is 11.3 Å². The summed E-state index contributed by atoms with van der Waals surface area (Å²) in [5, 5.41) is 2.00. The van der Waals surface area contributed by atoms with Gasteiger partial charge in [0, 0.05) is 16.6 Å². The summed E-state index contributed by atoms with van der Waals surface area (Å²) < 4.78 is 1.84. The Bertz CT molecular complexity index is 794. The van der Waals surface area contributed by atoms with E-state index in [1.54, 1.807) is 41.7 Å². The van der Waals surface area contributed by atoms with Gasteiger partial charge in [-0.1, -0.05) is 24.3 Å². The van der Waals surface area contributed by atoms with Gasteiger partial charge in [0.1, 0.15) is 5.69 Å². The van der Waals surface area contributed by atoms with E-state index in [4.69, 9.17) is 0 Å². The number of hydrazine groups is 1. The number of thiophene rings is 1. The number of carbonyl (C=O) groups excluding carboxylic acids is 2. The first-order valence-corrected chi connectivity index (χ1v) is 7.95. The zero-order valence-electron chi connectivity index (χ0n) is 12.2. The Balaban J connectivity index is 1.63. The fourth-order valence-corrected chi connectivity index (χ4v) is 2.87. The molecule has 0 atom stereocenters. The predicted molar refractivity (Wildman–Crippen MR) is 89.2 cm³/mol. The molecule has 23 heavy (non-hydrogen) atoms. The first-order chi connectivity index (χ1) is 11.2. The molecule has 2 N–H and O–H groups in total. The summed E-state index contributed by atoms with van der Waals surface area (Å²) in [6.45, 7) is 0.625. The molecule has 0 saturated heterocycles. The van der Waals surface area contributed by atoms with E-state index < -0.39 is 0 Å². The Labute approximate surface area is 137 Å². The molecule has 0 bridgehead atoms. The highest BCUT2D eigenvalue weighted by Gasteiger charge is 2.12. The van der Waals surface area contributed by atoms with E-state index in [2.05, 4.69) is 10.9 Å². The summed E-state index contributed by atoms with van der Waals surface area (Å²) in [5.41, 5.74) is 5.85. The first-order valence-electron chi connectivity index (χ1n) is 7.07. The summed E-state index contributed by atoms with van der Waals surface area (Å²) in [6, 6.07) is 16.2. The molecule has 3 aromatic rings. The highest BCUT2D eigenvalue weighted by molar-refractivity contribution is 7.09. The maximum absolute atomic E-state index is 12.2. The summed E-state index contributed by atoms with van der Waals surface area (Å²) in [5.74, 6) is -0.703. The Morgan fingerprint density at radius 2 is 1.70 bits per heavy atom. The maximum Gasteiger partial charge on any atom is 0.286 e. The molecule has 0 radical (unpaired) electrons. The molecular weight excluding hydrogens is 310 g/mol. The van der Waals surface area contributed by atoms with Gasteiger partial charge in [0.25, 0.3) is 11.8 Å². The minimum atomic E-state index is -0.352. The van der Waals surface area contributed by atoms with E-state index >= 15 is 0 Å². The van der Waals surface area contributed by atoms with Crippen molar-refractivity contribution >= 4 is 23.2 Å². The Hall–Kier alpha value is -2.86. The van der Waals surface area contributed by atoms with Crippen LogP contribution in [0.3, 0.4) is 0 Å². The molecule has 2 heterocycles. The summed E-state index contributed by atoms with van der Waals surface area (Å²) in [4.78, 5) is 25.3. The van der Waals surface area contributed by atoms with Gasteiger partial charge in [-0.3, -0.25) is 20.4 Å². The van der Waals surface area contributed by atoms with Crippen molar-refractivity contribution in [2.24, 2.45) is 0 Å². The Morgan fingerprint density at radius 3 is 2.43 bits per heavy atom. The smallest absolute Gasteiger partial charge is 0.286 e. The zero-order valence-corrected chi connectivity index (χ0v) is 13.0. The van der Waals surface area contributed by atoms with Gasteiger partial charge >= 0.3 is 0 Å². The van der Waals surface area contributed by atoms with E-state index in [1.165, 1.54) is 0 Å². The lowest BCUT2D eigenvalue weighted by atomic mass is 10.2. The van der Waals surface area contributed by atoms with Crippen molar-refractivity contribution in [3.8, 4) is 0 Å². The highest BCUT2D eigenvalue weighted by atomic mass is 32.1. The number of nitrogens with zero attached hydrogens (tertiary/aromatic N) is 1. The van der Waals surface area contributed by atoms with Crippen LogP contribution in [0.4, 0.5) is 0 Å². The van der Waals surface area contributed by atoms with Crippen LogP contribution < -0.4 is 10.9 Å². The van der Waals surface area contributed by atoms with E-state index in [-0.39, 0.29) is 11.8 Å². The van der Waals surface area contributed by atoms with Crippen molar-refractivity contribution in [1.82, 2.24) is 15.4 Å². The number of amides is 2. The van der Waals surface area contributed by atoms with Crippen LogP contribution in [-0.2, 0) is 6.54 Å². The van der Waals surface area contributed by atoms with Gasteiger partial charge in [-0.05, 0) is 35.7 Å². The van der Waals surface area contributed by atoms with Crippen molar-refractivity contribution in [2.75, 3.05) is 0 Å². The molecule has 116 valence electrons. The lowest BCUT2D eigenvalue weighted by molar-refractivity contribution is 0.0841. The van der Waals surface area contributed by atoms with Crippen LogP contribution in [0, 0.1) is 0 Å². The van der Waals surface area contributed by atoms with Crippen LogP contribution in [0.1, 0.15) is 25.7 Å². The molecule has 0 aliphatic carbocycles. The lowest BCUT2D eigenvalue weighted by Gasteiger charge is -2.10. The SMILES string of the molecule is O=C(NNC(=O)c1cccn1Cc1cccs1)c1ccccc1. The largest absolute Gasteiger partial charge is 0.338 e.